The van der Waals surface area contributed by atoms with E-state index in [1.807, 2.05) is 39.8 Å². The number of rotatable bonds is 7. The second-order valence-electron chi connectivity index (χ2n) is 7.67. The van der Waals surface area contributed by atoms with E-state index in [9.17, 15) is 9.59 Å². The fraction of sp³-hybridized carbons (Fsp3) is 0.391. The number of benzene rings is 2. The number of fused-ring (bicyclic) bond motifs is 1. The first-order valence-electron chi connectivity index (χ1n) is 9.96. The molecule has 0 unspecified atom stereocenters. The van der Waals surface area contributed by atoms with Crippen molar-refractivity contribution in [2.24, 2.45) is 0 Å². The van der Waals surface area contributed by atoms with Crippen molar-refractivity contribution in [3.63, 3.8) is 0 Å². The van der Waals surface area contributed by atoms with E-state index < -0.39 is 0 Å². The Morgan fingerprint density at radius 1 is 1.10 bits per heavy atom. The Morgan fingerprint density at radius 3 is 2.45 bits per heavy atom. The quantitative estimate of drug-likeness (QED) is 0.771. The molecular formula is C23H28N2O4. The van der Waals surface area contributed by atoms with Crippen LogP contribution >= 0.6 is 0 Å². The minimum Gasteiger partial charge on any atom is -0.483 e. The molecule has 2 aromatic rings. The lowest BCUT2D eigenvalue weighted by Gasteiger charge is -2.18. The van der Waals surface area contributed by atoms with Gasteiger partial charge in [-0.3, -0.25) is 9.59 Å². The topological polar surface area (TPSA) is 67.9 Å². The van der Waals surface area contributed by atoms with Crippen LogP contribution in [0.1, 0.15) is 43.6 Å². The highest BCUT2D eigenvalue weighted by molar-refractivity contribution is 5.96. The van der Waals surface area contributed by atoms with Crippen LogP contribution in [0.25, 0.3) is 0 Å². The molecule has 1 aliphatic heterocycles. The Morgan fingerprint density at radius 2 is 1.79 bits per heavy atom. The van der Waals surface area contributed by atoms with Gasteiger partial charge in [-0.25, -0.2) is 0 Å². The maximum absolute atomic E-state index is 12.3. The summed E-state index contributed by atoms with van der Waals surface area (Å²) in [6, 6.07) is 12.6. The zero-order valence-corrected chi connectivity index (χ0v) is 17.5. The van der Waals surface area contributed by atoms with Gasteiger partial charge in [0.05, 0.1) is 0 Å². The fourth-order valence-corrected chi connectivity index (χ4v) is 3.43. The van der Waals surface area contributed by atoms with Crippen molar-refractivity contribution in [3.05, 3.63) is 53.6 Å². The minimum atomic E-state index is -0.275. The van der Waals surface area contributed by atoms with Crippen LogP contribution in [0.5, 0.6) is 11.5 Å². The summed E-state index contributed by atoms with van der Waals surface area (Å²) in [6.07, 6.45) is 0.810. The highest BCUT2D eigenvalue weighted by Crippen LogP contribution is 2.41. The lowest BCUT2D eigenvalue weighted by atomic mass is 10.0. The summed E-state index contributed by atoms with van der Waals surface area (Å²) >= 11 is 0. The average Bonchev–Trinajstić information content (AvgIpc) is 3.02. The lowest BCUT2D eigenvalue weighted by Crippen LogP contribution is -2.30. The summed E-state index contributed by atoms with van der Waals surface area (Å²) in [5.74, 6) is 0.993. The molecule has 0 spiro atoms. The van der Waals surface area contributed by atoms with Crippen LogP contribution in [0.3, 0.4) is 0 Å². The molecule has 3 rings (SSSR count). The second-order valence-corrected chi connectivity index (χ2v) is 7.67. The van der Waals surface area contributed by atoms with Crippen molar-refractivity contribution in [3.8, 4) is 11.5 Å². The van der Waals surface area contributed by atoms with Gasteiger partial charge in [0.25, 0.3) is 11.8 Å². The normalized spacial score (nSPS) is 13.9. The molecule has 6 nitrogen and oxygen atoms in total. The highest BCUT2D eigenvalue weighted by atomic mass is 16.5. The first kappa shape index (κ1) is 20.7. The molecule has 2 amide bonds. The van der Waals surface area contributed by atoms with Crippen LogP contribution in [-0.2, 0) is 11.2 Å². The molecule has 29 heavy (non-hydrogen) atoms. The molecule has 0 saturated heterocycles. The zero-order valence-electron chi connectivity index (χ0n) is 17.5. The number of ether oxygens (including phenoxy) is 2. The van der Waals surface area contributed by atoms with Crippen molar-refractivity contribution in [2.45, 2.75) is 39.7 Å². The third-order valence-electron chi connectivity index (χ3n) is 4.88. The van der Waals surface area contributed by atoms with Crippen molar-refractivity contribution in [1.29, 1.82) is 0 Å². The zero-order chi connectivity index (χ0) is 21.0. The van der Waals surface area contributed by atoms with Crippen LogP contribution in [0.15, 0.2) is 42.5 Å². The van der Waals surface area contributed by atoms with Gasteiger partial charge in [0.2, 0.25) is 0 Å². The summed E-state index contributed by atoms with van der Waals surface area (Å²) in [5.41, 5.74) is 2.03. The van der Waals surface area contributed by atoms with Crippen LogP contribution in [0.4, 0.5) is 5.69 Å². The predicted molar refractivity (Wildman–Crippen MR) is 113 cm³/mol. The number of nitrogens with one attached hydrogen (secondary N) is 1. The molecule has 0 radical (unpaired) electrons. The van der Waals surface area contributed by atoms with Crippen molar-refractivity contribution < 1.29 is 19.1 Å². The average molecular weight is 396 g/mol. The maximum atomic E-state index is 12.3. The Bertz CT molecular complexity index is 886. The van der Waals surface area contributed by atoms with Gasteiger partial charge in [-0.05, 0) is 58.0 Å². The Balaban J connectivity index is 1.57. The van der Waals surface area contributed by atoms with Crippen LogP contribution in [0, 0.1) is 0 Å². The third-order valence-corrected chi connectivity index (χ3v) is 4.88. The molecule has 2 aromatic carbocycles. The standard InChI is InChI=1S/C23H28N2O4/c1-5-25(6-2)22(27)16-10-12-18(13-11-16)24-20(26)15-28-19-9-7-8-17-14-23(3,4)29-21(17)19/h7-13H,5-6,14-15H2,1-4H3,(H,24,26). The molecule has 0 saturated carbocycles. The number of carbonyl (C=O) groups is 2. The van der Waals surface area contributed by atoms with E-state index in [0.29, 0.717) is 35.8 Å². The van der Waals surface area contributed by atoms with Gasteiger partial charge in [0.15, 0.2) is 18.1 Å². The molecule has 6 heteroatoms. The molecule has 1 aliphatic rings. The lowest BCUT2D eigenvalue weighted by molar-refractivity contribution is -0.118. The SMILES string of the molecule is CCN(CC)C(=O)c1ccc(NC(=O)COc2cccc3c2OC(C)(C)C3)cc1. The number of para-hydroxylation sites is 1. The first-order valence-corrected chi connectivity index (χ1v) is 9.96. The molecule has 0 aromatic heterocycles. The minimum absolute atomic E-state index is 0.0166. The summed E-state index contributed by atoms with van der Waals surface area (Å²) in [4.78, 5) is 26.4. The third kappa shape index (κ3) is 4.88. The van der Waals surface area contributed by atoms with E-state index in [0.717, 1.165) is 12.0 Å². The monoisotopic (exact) mass is 396 g/mol. The van der Waals surface area contributed by atoms with Gasteiger partial charge in [-0.1, -0.05) is 12.1 Å². The van der Waals surface area contributed by atoms with Gasteiger partial charge in [-0.2, -0.15) is 0 Å². The van der Waals surface area contributed by atoms with E-state index in [4.69, 9.17) is 9.47 Å². The van der Waals surface area contributed by atoms with E-state index >= 15 is 0 Å². The van der Waals surface area contributed by atoms with Gasteiger partial charge in [0.1, 0.15) is 5.60 Å². The molecule has 0 aliphatic carbocycles. The number of amides is 2. The number of hydrogen-bond acceptors (Lipinski definition) is 4. The van der Waals surface area contributed by atoms with Gasteiger partial charge >= 0.3 is 0 Å². The van der Waals surface area contributed by atoms with Crippen molar-refractivity contribution >= 4 is 17.5 Å². The summed E-state index contributed by atoms with van der Waals surface area (Å²) < 4.78 is 11.7. The first-order chi connectivity index (χ1) is 13.8. The van der Waals surface area contributed by atoms with Crippen LogP contribution in [-0.4, -0.2) is 42.0 Å². The van der Waals surface area contributed by atoms with Gasteiger partial charge in [-0.15, -0.1) is 0 Å². The molecule has 0 fully saturated rings. The molecule has 0 bridgehead atoms. The fourth-order valence-electron chi connectivity index (χ4n) is 3.43. The number of carbonyl (C=O) groups excluding carboxylic acids is 2. The molecule has 154 valence electrons. The molecule has 0 atom stereocenters. The van der Waals surface area contributed by atoms with Crippen LogP contribution < -0.4 is 14.8 Å². The molecule has 1 heterocycles. The predicted octanol–water partition coefficient (Wildman–Crippen LogP) is 3.90. The van der Waals surface area contributed by atoms with Crippen molar-refractivity contribution in [2.75, 3.05) is 25.0 Å². The largest absolute Gasteiger partial charge is 0.483 e. The molecular weight excluding hydrogens is 368 g/mol. The number of hydrogen-bond donors (Lipinski definition) is 1. The van der Waals surface area contributed by atoms with E-state index in [-0.39, 0.29) is 24.0 Å². The highest BCUT2D eigenvalue weighted by Gasteiger charge is 2.32. The summed E-state index contributed by atoms with van der Waals surface area (Å²) in [6.45, 7) is 9.15. The summed E-state index contributed by atoms with van der Waals surface area (Å²) in [7, 11) is 0. The maximum Gasteiger partial charge on any atom is 0.262 e. The second kappa shape index (κ2) is 8.55. The Labute approximate surface area is 171 Å². The van der Waals surface area contributed by atoms with E-state index in [2.05, 4.69) is 5.32 Å². The Hall–Kier alpha value is -3.02. The van der Waals surface area contributed by atoms with Gasteiger partial charge in [0, 0.05) is 36.3 Å². The number of nitrogens with zero attached hydrogens (tertiary/aromatic N) is 1. The van der Waals surface area contributed by atoms with E-state index in [1.165, 1.54) is 0 Å². The summed E-state index contributed by atoms with van der Waals surface area (Å²) in [5, 5.41) is 2.79. The molecule has 1 N–H and O–H groups in total. The van der Waals surface area contributed by atoms with Gasteiger partial charge < -0.3 is 19.7 Å². The van der Waals surface area contributed by atoms with E-state index in [1.54, 1.807) is 35.2 Å². The van der Waals surface area contributed by atoms with Crippen LogP contribution in [0.2, 0.25) is 0 Å². The van der Waals surface area contributed by atoms with Crippen molar-refractivity contribution in [1.82, 2.24) is 4.90 Å². The smallest absolute Gasteiger partial charge is 0.262 e. The Kier molecular flexibility index (Phi) is 6.11. The number of anilines is 1.